The van der Waals surface area contributed by atoms with Gasteiger partial charge in [0.05, 0.1) is 0 Å². The lowest BCUT2D eigenvalue weighted by molar-refractivity contribution is -0.153. The highest BCUT2D eigenvalue weighted by Gasteiger charge is 2.14. The monoisotopic (exact) mass is 163 g/mol. The molecule has 4 nitrogen and oxygen atoms in total. The van der Waals surface area contributed by atoms with Crippen molar-refractivity contribution in [2.75, 3.05) is 0 Å². The molecule has 3 N–H and O–H groups in total. The molecule has 0 aromatic heterocycles. The van der Waals surface area contributed by atoms with Gasteiger partial charge in [-0.3, -0.25) is 0 Å². The lowest BCUT2D eigenvalue weighted by atomic mass is 10.2. The van der Waals surface area contributed by atoms with Gasteiger partial charge in [-0.1, -0.05) is 6.92 Å². The van der Waals surface area contributed by atoms with E-state index in [-0.39, 0.29) is 5.29 Å². The minimum atomic E-state index is -2.14. The van der Waals surface area contributed by atoms with E-state index >= 15 is 0 Å². The van der Waals surface area contributed by atoms with Gasteiger partial charge in [0.2, 0.25) is 5.29 Å². The highest BCUT2D eigenvalue weighted by Crippen LogP contribution is 2.06. The fraction of sp³-hybridized carbons (Fsp3) is 0.600. The number of hydrogen-bond donors (Lipinski definition) is 2. The van der Waals surface area contributed by atoms with Crippen molar-refractivity contribution in [2.45, 2.75) is 19.8 Å². The predicted octanol–water partition coefficient (Wildman–Crippen LogP) is -0.326. The zero-order valence-electron chi connectivity index (χ0n) is 5.70. The summed E-state index contributed by atoms with van der Waals surface area (Å²) in [5, 5.41) is 8.30. The van der Waals surface area contributed by atoms with Gasteiger partial charge in [0.1, 0.15) is 0 Å². The third-order valence-corrected chi connectivity index (χ3v) is 1.95. The van der Waals surface area contributed by atoms with Crippen LogP contribution in [0.3, 0.4) is 0 Å². The summed E-state index contributed by atoms with van der Waals surface area (Å²) in [6.45, 7) is 1.81. The average Bonchev–Trinajstić information content (AvgIpc) is 1.81. The number of rotatable bonds is 3. The van der Waals surface area contributed by atoms with Crippen LogP contribution in [-0.4, -0.2) is 16.4 Å². The Morgan fingerprint density at radius 1 is 1.80 bits per heavy atom. The Bertz CT molecular complexity index is 162. The number of aliphatic carboxylic acids is 1. The summed E-state index contributed by atoms with van der Waals surface area (Å²) in [4.78, 5) is 20.7. The Kier molecular flexibility index (Phi) is 4.19. The number of carboxylic acids is 1. The molecule has 0 aromatic carbocycles. The first-order valence-corrected chi connectivity index (χ1v) is 4.23. The molecule has 10 heavy (non-hydrogen) atoms. The highest BCUT2D eigenvalue weighted by atomic mass is 31.1. The van der Waals surface area contributed by atoms with Crippen molar-refractivity contribution in [1.82, 2.24) is 0 Å². The van der Waals surface area contributed by atoms with Gasteiger partial charge in [-0.25, -0.2) is 4.79 Å². The van der Waals surface area contributed by atoms with Gasteiger partial charge in [-0.2, -0.15) is 5.50 Å². The second-order valence-electron chi connectivity index (χ2n) is 1.83. The SMILES string of the molecule is CCCC(C(=O)O)=[P+](N)[O-]. The molecule has 0 aliphatic rings. The van der Waals surface area contributed by atoms with Crippen molar-refractivity contribution >= 4 is 19.2 Å². The van der Waals surface area contributed by atoms with Crippen LogP contribution in [0, 0.1) is 0 Å². The van der Waals surface area contributed by atoms with E-state index in [0.717, 1.165) is 0 Å². The Morgan fingerprint density at radius 3 is 2.40 bits per heavy atom. The van der Waals surface area contributed by atoms with Crippen LogP contribution in [0.4, 0.5) is 0 Å². The molecule has 0 aromatic rings. The first kappa shape index (κ1) is 9.56. The zero-order chi connectivity index (χ0) is 8.15. The molecule has 0 aliphatic carbocycles. The Balaban J connectivity index is 4.28. The first-order chi connectivity index (χ1) is 4.59. The van der Waals surface area contributed by atoms with Crippen molar-refractivity contribution in [1.29, 1.82) is 0 Å². The first-order valence-electron chi connectivity index (χ1n) is 2.90. The molecule has 0 bridgehead atoms. The lowest BCUT2D eigenvalue weighted by Gasteiger charge is -1.95. The van der Waals surface area contributed by atoms with E-state index in [1.807, 2.05) is 6.92 Å². The van der Waals surface area contributed by atoms with E-state index in [2.05, 4.69) is 0 Å². The fourth-order valence-corrected chi connectivity index (χ4v) is 1.18. The molecule has 0 spiro atoms. The molecule has 0 fully saturated rings. The van der Waals surface area contributed by atoms with Crippen molar-refractivity contribution in [2.24, 2.45) is 5.50 Å². The summed E-state index contributed by atoms with van der Waals surface area (Å²) in [7, 11) is -2.14. The zero-order valence-corrected chi connectivity index (χ0v) is 6.60. The Labute approximate surface area is 60.2 Å². The van der Waals surface area contributed by atoms with E-state index in [0.29, 0.717) is 12.8 Å². The van der Waals surface area contributed by atoms with E-state index in [1.54, 1.807) is 0 Å². The topological polar surface area (TPSA) is 86.4 Å². The van der Waals surface area contributed by atoms with Crippen LogP contribution >= 0.6 is 7.92 Å². The highest BCUT2D eigenvalue weighted by molar-refractivity contribution is 7.51. The van der Waals surface area contributed by atoms with Crippen LogP contribution in [0.5, 0.6) is 0 Å². The third kappa shape index (κ3) is 2.92. The van der Waals surface area contributed by atoms with Crippen molar-refractivity contribution in [3.8, 4) is 0 Å². The minimum Gasteiger partial charge on any atom is -0.614 e. The normalized spacial score (nSPS) is 12.7. The van der Waals surface area contributed by atoms with Crippen LogP contribution < -0.4 is 10.4 Å². The van der Waals surface area contributed by atoms with E-state index in [1.165, 1.54) is 0 Å². The molecule has 0 rings (SSSR count). The van der Waals surface area contributed by atoms with Crippen molar-refractivity contribution < 1.29 is 14.8 Å². The molecule has 1 unspecified atom stereocenters. The quantitative estimate of drug-likeness (QED) is 0.558. The number of carboxylic acid groups (broad SMARTS) is 1. The molecule has 0 amide bonds. The molecule has 58 valence electrons. The number of carbonyl (C=O) groups is 1. The Hall–Kier alpha value is -0.440. The second kappa shape index (κ2) is 4.39. The van der Waals surface area contributed by atoms with E-state index in [9.17, 15) is 9.69 Å². The van der Waals surface area contributed by atoms with Crippen LogP contribution in [0.15, 0.2) is 0 Å². The van der Waals surface area contributed by atoms with Crippen LogP contribution in [0.1, 0.15) is 19.8 Å². The van der Waals surface area contributed by atoms with Crippen LogP contribution in [-0.2, 0) is 4.79 Å². The van der Waals surface area contributed by atoms with Gasteiger partial charge in [-0.05, 0) is 6.42 Å². The minimum absolute atomic E-state index is 0.0718. The smallest absolute Gasteiger partial charge is 0.375 e. The molecule has 0 radical (unpaired) electrons. The number of hydrogen-bond acceptors (Lipinski definition) is 3. The van der Waals surface area contributed by atoms with Gasteiger partial charge in [0.25, 0.3) is 0 Å². The van der Waals surface area contributed by atoms with Crippen LogP contribution in [0.2, 0.25) is 0 Å². The summed E-state index contributed by atoms with van der Waals surface area (Å²) < 4.78 is 0. The summed E-state index contributed by atoms with van der Waals surface area (Å²) >= 11 is 0. The maximum Gasteiger partial charge on any atom is 0.375 e. The largest absolute Gasteiger partial charge is 0.614 e. The molecule has 5 heteroatoms. The summed E-state index contributed by atoms with van der Waals surface area (Å²) in [6.07, 6.45) is 0.959. The summed E-state index contributed by atoms with van der Waals surface area (Å²) in [6, 6.07) is 0. The summed E-state index contributed by atoms with van der Waals surface area (Å²) in [5.74, 6) is -1.15. The lowest BCUT2D eigenvalue weighted by Crippen LogP contribution is -2.17. The molecular weight excluding hydrogens is 153 g/mol. The fourth-order valence-electron chi connectivity index (χ4n) is 0.548. The maximum atomic E-state index is 10.5. The third-order valence-electron chi connectivity index (χ3n) is 1.000. The van der Waals surface area contributed by atoms with Crippen LogP contribution in [0.25, 0.3) is 0 Å². The van der Waals surface area contributed by atoms with Crippen molar-refractivity contribution in [3.63, 3.8) is 0 Å². The predicted molar refractivity (Wildman–Crippen MR) is 38.7 cm³/mol. The molecule has 0 heterocycles. The van der Waals surface area contributed by atoms with Gasteiger partial charge in [0.15, 0.2) is 7.92 Å². The molecule has 0 aliphatic heterocycles. The maximum absolute atomic E-state index is 10.5. The van der Waals surface area contributed by atoms with Gasteiger partial charge >= 0.3 is 5.97 Å². The van der Waals surface area contributed by atoms with Gasteiger partial charge in [-0.15, -0.1) is 0 Å². The van der Waals surface area contributed by atoms with E-state index < -0.39 is 13.9 Å². The summed E-state index contributed by atoms with van der Waals surface area (Å²) in [5.41, 5.74) is 4.92. The molecule has 1 atom stereocenters. The molecular formula is C5H10NO3P. The van der Waals surface area contributed by atoms with E-state index in [4.69, 9.17) is 10.6 Å². The van der Waals surface area contributed by atoms with Crippen molar-refractivity contribution in [3.05, 3.63) is 0 Å². The van der Waals surface area contributed by atoms with Gasteiger partial charge in [0, 0.05) is 6.42 Å². The number of nitrogens with two attached hydrogens (primary N) is 1. The Morgan fingerprint density at radius 2 is 2.30 bits per heavy atom. The average molecular weight is 163 g/mol. The standard InChI is InChI=1S/C5H10NO3P/c1-2-3-4(5(7)8)10(6)9/h2-3,6H2,1H3,(H,7,8). The second-order valence-corrected chi connectivity index (χ2v) is 3.02. The molecule has 0 saturated carbocycles. The van der Waals surface area contributed by atoms with Gasteiger partial charge < -0.3 is 10.00 Å². The molecule has 0 saturated heterocycles.